The third-order valence-corrected chi connectivity index (χ3v) is 0.976. The molecule has 0 aromatic carbocycles. The molecule has 1 N–H and O–H groups in total. The maximum Gasteiger partial charge on any atom is 0.204 e. The summed E-state index contributed by atoms with van der Waals surface area (Å²) in [5, 5.41) is 9.64. The van der Waals surface area contributed by atoms with Gasteiger partial charge in [0, 0.05) is 6.20 Å². The Labute approximate surface area is 53.9 Å². The molecule has 1 aliphatic rings. The molecule has 0 aromatic rings. The van der Waals surface area contributed by atoms with Crippen molar-refractivity contribution in [3.63, 3.8) is 0 Å². The van der Waals surface area contributed by atoms with Crippen LogP contribution in [0.25, 0.3) is 0 Å². The van der Waals surface area contributed by atoms with Crippen molar-refractivity contribution in [2.24, 2.45) is 0 Å². The zero-order valence-electron chi connectivity index (χ0n) is 4.83. The van der Waals surface area contributed by atoms with Crippen molar-refractivity contribution in [2.75, 3.05) is 0 Å². The maximum absolute atomic E-state index is 8.36. The molecule has 3 heteroatoms. The van der Waals surface area contributed by atoms with Crippen molar-refractivity contribution in [1.82, 2.24) is 10.4 Å². The van der Waals surface area contributed by atoms with E-state index in [9.17, 15) is 0 Å². The van der Waals surface area contributed by atoms with Crippen molar-refractivity contribution < 1.29 is 0 Å². The quantitative estimate of drug-likeness (QED) is 0.474. The molecular weight excluding hydrogens is 114 g/mol. The minimum atomic E-state index is 0.653. The van der Waals surface area contributed by atoms with Crippen LogP contribution in [0, 0.1) is 18.4 Å². The predicted octanol–water partition coefficient (Wildman–Crippen LogP) is 0.519. The zero-order valence-corrected chi connectivity index (χ0v) is 4.83. The highest BCUT2D eigenvalue weighted by Crippen LogP contribution is 2.00. The van der Waals surface area contributed by atoms with Gasteiger partial charge in [-0.1, -0.05) is 0 Å². The molecule has 45 valence electrons. The lowest BCUT2D eigenvalue weighted by Gasteiger charge is -2.17. The first-order valence-corrected chi connectivity index (χ1v) is 2.49. The monoisotopic (exact) mass is 120 g/mol. The second-order valence-corrected chi connectivity index (χ2v) is 1.58. The van der Waals surface area contributed by atoms with Gasteiger partial charge in [-0.3, -0.25) is 5.43 Å². The normalized spacial score (nSPS) is 16.0. The van der Waals surface area contributed by atoms with Gasteiger partial charge in [0.25, 0.3) is 0 Å². The summed E-state index contributed by atoms with van der Waals surface area (Å²) in [6.45, 7) is 3.60. The highest BCUT2D eigenvalue weighted by molar-refractivity contribution is 5.19. The molecule has 0 spiro atoms. The molecule has 1 rings (SSSR count). The molecule has 3 nitrogen and oxygen atoms in total. The van der Waals surface area contributed by atoms with E-state index in [0.717, 1.165) is 0 Å². The highest BCUT2D eigenvalue weighted by Gasteiger charge is 2.01. The predicted molar refractivity (Wildman–Crippen MR) is 33.2 cm³/mol. The Morgan fingerprint density at radius 1 is 1.78 bits per heavy atom. The lowest BCUT2D eigenvalue weighted by Crippen LogP contribution is -2.29. The minimum absolute atomic E-state index is 0.653. The Bertz CT molecular complexity index is 197. The summed E-state index contributed by atoms with van der Waals surface area (Å²) >= 11 is 0. The first-order chi connectivity index (χ1) is 4.34. The third kappa shape index (κ3) is 1.03. The van der Waals surface area contributed by atoms with Gasteiger partial charge in [0.15, 0.2) is 0 Å². The molecule has 0 amide bonds. The van der Waals surface area contributed by atoms with Crippen molar-refractivity contribution in [3.05, 3.63) is 31.0 Å². The average molecular weight is 120 g/mol. The van der Waals surface area contributed by atoms with E-state index in [0.29, 0.717) is 5.70 Å². The van der Waals surface area contributed by atoms with Crippen molar-refractivity contribution in [1.29, 1.82) is 5.26 Å². The molecule has 0 bridgehead atoms. The Morgan fingerprint density at radius 2 is 2.56 bits per heavy atom. The number of hydrogen-bond donors (Lipinski definition) is 1. The zero-order chi connectivity index (χ0) is 6.69. The second kappa shape index (κ2) is 2.23. The molecule has 0 aromatic heterocycles. The van der Waals surface area contributed by atoms with E-state index in [1.54, 1.807) is 18.4 Å². The highest BCUT2D eigenvalue weighted by atomic mass is 15.5. The van der Waals surface area contributed by atoms with Gasteiger partial charge in [0.05, 0.1) is 5.70 Å². The van der Waals surface area contributed by atoms with E-state index in [2.05, 4.69) is 12.3 Å². The molecule has 1 heterocycles. The fourth-order valence-corrected chi connectivity index (χ4v) is 0.527. The average Bonchev–Trinajstić information content (AvgIpc) is 1.89. The van der Waals surface area contributed by atoms with Gasteiger partial charge in [-0.15, -0.1) is 0 Å². The number of hydrazine groups is 1. The van der Waals surface area contributed by atoms with Gasteiger partial charge in [-0.2, -0.15) is 10.3 Å². The van der Waals surface area contributed by atoms with Crippen LogP contribution < -0.4 is 5.43 Å². The fourth-order valence-electron chi connectivity index (χ4n) is 0.527. The summed E-state index contributed by atoms with van der Waals surface area (Å²) < 4.78 is 0. The maximum atomic E-state index is 8.36. The topological polar surface area (TPSA) is 39.1 Å². The van der Waals surface area contributed by atoms with Crippen LogP contribution in [0.4, 0.5) is 0 Å². The summed E-state index contributed by atoms with van der Waals surface area (Å²) in [5.74, 6) is 0. The fraction of sp³-hybridized carbons (Fsp3) is 0. The summed E-state index contributed by atoms with van der Waals surface area (Å²) in [4.78, 5) is 0. The molecule has 0 saturated heterocycles. The lowest BCUT2D eigenvalue weighted by molar-refractivity contribution is 0.419. The standard InChI is InChI=1S/C6H6N3/c1-6-3-2-4-8-9(6)5-7/h2-4,8H,1H2. The molecule has 0 atom stereocenters. The van der Waals surface area contributed by atoms with E-state index in [-0.39, 0.29) is 0 Å². The first-order valence-electron chi connectivity index (χ1n) is 2.49. The summed E-state index contributed by atoms with van der Waals surface area (Å²) in [6, 6.07) is 0. The lowest BCUT2D eigenvalue weighted by atomic mass is 10.4. The Balaban J connectivity index is 2.73. The molecule has 1 aliphatic heterocycles. The number of allylic oxidation sites excluding steroid dienone is 3. The van der Waals surface area contributed by atoms with E-state index in [1.807, 2.05) is 6.19 Å². The largest absolute Gasteiger partial charge is 0.293 e. The molecule has 1 radical (unpaired) electrons. The Morgan fingerprint density at radius 3 is 3.00 bits per heavy atom. The summed E-state index contributed by atoms with van der Waals surface area (Å²) in [6.07, 6.45) is 7.10. The van der Waals surface area contributed by atoms with Crippen molar-refractivity contribution in [3.8, 4) is 6.19 Å². The molecule has 0 aliphatic carbocycles. The van der Waals surface area contributed by atoms with Gasteiger partial charge in [0.2, 0.25) is 6.19 Å². The van der Waals surface area contributed by atoms with E-state index in [1.165, 1.54) is 5.01 Å². The van der Waals surface area contributed by atoms with Crippen molar-refractivity contribution in [2.45, 2.75) is 0 Å². The van der Waals surface area contributed by atoms with Crippen LogP contribution >= 0.6 is 0 Å². The van der Waals surface area contributed by atoms with Crippen LogP contribution in [0.1, 0.15) is 0 Å². The first kappa shape index (κ1) is 5.70. The number of rotatable bonds is 0. The van der Waals surface area contributed by atoms with Gasteiger partial charge in [-0.05, 0) is 19.1 Å². The third-order valence-electron chi connectivity index (χ3n) is 0.976. The minimum Gasteiger partial charge on any atom is -0.293 e. The van der Waals surface area contributed by atoms with Gasteiger partial charge in [-0.25, -0.2) is 0 Å². The Kier molecular flexibility index (Phi) is 1.41. The Hall–Kier alpha value is -1.43. The SMILES string of the molecule is [CH2]C1=CC=CNN1C#N. The smallest absolute Gasteiger partial charge is 0.204 e. The summed E-state index contributed by atoms with van der Waals surface area (Å²) in [7, 11) is 0. The van der Waals surface area contributed by atoms with Crippen LogP contribution in [0.15, 0.2) is 24.0 Å². The molecule has 0 fully saturated rings. The molecular formula is C6H6N3. The molecule has 0 saturated carbocycles. The second-order valence-electron chi connectivity index (χ2n) is 1.58. The van der Waals surface area contributed by atoms with Gasteiger partial charge < -0.3 is 0 Å². The van der Waals surface area contributed by atoms with E-state index in [4.69, 9.17) is 5.26 Å². The van der Waals surface area contributed by atoms with Crippen LogP contribution in [0.2, 0.25) is 0 Å². The van der Waals surface area contributed by atoms with Crippen LogP contribution in [-0.2, 0) is 0 Å². The number of hydrogen-bond acceptors (Lipinski definition) is 3. The van der Waals surface area contributed by atoms with Gasteiger partial charge in [0.1, 0.15) is 0 Å². The summed E-state index contributed by atoms with van der Waals surface area (Å²) in [5.41, 5.74) is 3.33. The van der Waals surface area contributed by atoms with Crippen LogP contribution in [-0.4, -0.2) is 5.01 Å². The van der Waals surface area contributed by atoms with Crippen LogP contribution in [0.3, 0.4) is 0 Å². The van der Waals surface area contributed by atoms with E-state index < -0.39 is 0 Å². The molecule has 9 heavy (non-hydrogen) atoms. The number of nitriles is 1. The molecule has 0 unspecified atom stereocenters. The van der Waals surface area contributed by atoms with Crippen LogP contribution in [0.5, 0.6) is 0 Å². The van der Waals surface area contributed by atoms with Gasteiger partial charge >= 0.3 is 0 Å². The number of nitrogens with zero attached hydrogens (tertiary/aromatic N) is 2. The van der Waals surface area contributed by atoms with Crippen molar-refractivity contribution >= 4 is 0 Å². The van der Waals surface area contributed by atoms with E-state index >= 15 is 0 Å². The number of nitrogens with one attached hydrogen (secondary N) is 1.